The molecule has 39 heavy (non-hydrogen) atoms. The summed E-state index contributed by atoms with van der Waals surface area (Å²) in [6.45, 7) is 1.27. The van der Waals surface area contributed by atoms with Crippen molar-refractivity contribution in [3.05, 3.63) is 41.1 Å². The normalized spacial score (nSPS) is 15.6. The first-order chi connectivity index (χ1) is 18.3. The first kappa shape index (κ1) is 31.2. The number of rotatable bonds is 15. The zero-order chi connectivity index (χ0) is 28.6. The van der Waals surface area contributed by atoms with Crippen molar-refractivity contribution in [1.29, 1.82) is 0 Å². The van der Waals surface area contributed by atoms with Gasteiger partial charge in [-0.1, -0.05) is 21.4 Å². The molecule has 7 nitrogen and oxygen atoms in total. The number of nitrogens with zero attached hydrogens (tertiary/aromatic N) is 2. The van der Waals surface area contributed by atoms with Crippen molar-refractivity contribution in [2.45, 2.75) is 76.0 Å². The minimum absolute atomic E-state index is 0.142. The van der Waals surface area contributed by atoms with Crippen molar-refractivity contribution in [2.75, 3.05) is 23.9 Å². The number of carbonyl (C=O) groups excluding carboxylic acids is 2. The summed E-state index contributed by atoms with van der Waals surface area (Å²) in [7, 11) is 1.53. The lowest BCUT2D eigenvalue weighted by atomic mass is 9.96. The molecule has 1 unspecified atom stereocenters. The van der Waals surface area contributed by atoms with E-state index in [2.05, 4.69) is 15.7 Å². The van der Waals surface area contributed by atoms with Crippen molar-refractivity contribution in [3.8, 4) is 5.75 Å². The predicted octanol–water partition coefficient (Wildman–Crippen LogP) is 5.53. The second-order valence-electron chi connectivity index (χ2n) is 9.82. The molecule has 3 rings (SSSR count). The number of carbonyl (C=O) groups is 2. The first-order valence-electron chi connectivity index (χ1n) is 12.8. The van der Waals surface area contributed by atoms with Crippen LogP contribution >= 0.6 is 21.0 Å². The molecule has 1 aliphatic heterocycles. The van der Waals surface area contributed by atoms with Crippen LogP contribution in [0.15, 0.2) is 24.3 Å². The molecule has 1 aliphatic rings. The van der Waals surface area contributed by atoms with E-state index in [0.29, 0.717) is 30.7 Å². The summed E-state index contributed by atoms with van der Waals surface area (Å²) in [5.74, 6) is -2.45. The number of thioether (sulfide) groups is 1. The summed E-state index contributed by atoms with van der Waals surface area (Å²) in [5, 5.41) is 10.1. The molecule has 0 bridgehead atoms. The van der Waals surface area contributed by atoms with Crippen LogP contribution < -0.4 is 15.4 Å². The highest BCUT2D eigenvalue weighted by Gasteiger charge is 2.32. The average Bonchev–Trinajstić information content (AvgIpc) is 3.17. The Hall–Kier alpha value is -2.33. The van der Waals surface area contributed by atoms with Crippen molar-refractivity contribution in [2.24, 2.45) is 0 Å². The number of ether oxygens (including phenoxy) is 1. The van der Waals surface area contributed by atoms with Crippen LogP contribution in [0, 0.1) is 0 Å². The zero-order valence-electron chi connectivity index (χ0n) is 22.1. The Balaban J connectivity index is 1.66. The molecule has 0 fully saturated rings. The van der Waals surface area contributed by atoms with Gasteiger partial charge in [0.1, 0.15) is 11.3 Å². The van der Waals surface area contributed by atoms with Crippen LogP contribution in [0.2, 0.25) is 0 Å². The van der Waals surface area contributed by atoms with Gasteiger partial charge in [-0.25, -0.2) is 17.6 Å². The van der Waals surface area contributed by atoms with E-state index < -0.39 is 11.6 Å². The summed E-state index contributed by atoms with van der Waals surface area (Å²) in [6.07, 6.45) is 3.23. The Kier molecular flexibility index (Phi) is 11.1. The number of anilines is 1. The van der Waals surface area contributed by atoms with E-state index in [1.165, 1.54) is 21.0 Å². The Morgan fingerprint density at radius 3 is 2.74 bits per heavy atom. The second-order valence-corrected chi connectivity index (χ2v) is 11.5. The van der Waals surface area contributed by atoms with Gasteiger partial charge in [0, 0.05) is 31.8 Å². The fourth-order valence-corrected chi connectivity index (χ4v) is 4.94. The summed E-state index contributed by atoms with van der Waals surface area (Å²) in [5.41, 5.74) is -1.04. The molecule has 1 aromatic heterocycles. The zero-order valence-corrected chi connectivity index (χ0v) is 24.0. The van der Waals surface area contributed by atoms with Gasteiger partial charge in [0.2, 0.25) is 11.8 Å². The minimum Gasteiger partial charge on any atom is -0.494 e. The Morgan fingerprint density at radius 2 is 2.05 bits per heavy atom. The number of hydrogen-bond acceptors (Lipinski definition) is 5. The molecule has 0 saturated carbocycles. The third-order valence-electron chi connectivity index (χ3n) is 6.18. The molecule has 216 valence electrons. The number of nitrogens with one attached hydrogen (secondary N) is 2. The van der Waals surface area contributed by atoms with E-state index in [0.717, 1.165) is 12.5 Å². The van der Waals surface area contributed by atoms with Crippen molar-refractivity contribution in [1.82, 2.24) is 15.1 Å². The molecular formula is C26H35F4N4O3PS. The van der Waals surface area contributed by atoms with Crippen LogP contribution in [0.5, 0.6) is 5.75 Å². The molecule has 13 heteroatoms. The van der Waals surface area contributed by atoms with Gasteiger partial charge in [0.05, 0.1) is 18.1 Å². The van der Waals surface area contributed by atoms with E-state index in [-0.39, 0.29) is 73.8 Å². The summed E-state index contributed by atoms with van der Waals surface area (Å²) in [4.78, 5) is 25.2. The standard InChI is InChI=1S/C26H35F4N4O3PS/c1-25(27,28)10-5-13-37-19-7-3-6-17(14-19)8-9-18-15-20-22(24(36)31-18)23(32-21(35)16-39-2)33-34(20)12-4-11-26(29,30)38/h3,6-7,14,18H,4-5,8-13,15-16,38H2,1-2H3,(H,31,36)(H,32,33,35)/t18-/m0/s1. The van der Waals surface area contributed by atoms with Crippen LogP contribution in [0.25, 0.3) is 0 Å². The summed E-state index contributed by atoms with van der Waals surface area (Å²) < 4.78 is 59.8. The average molecular weight is 591 g/mol. The largest absolute Gasteiger partial charge is 0.494 e. The highest BCUT2D eigenvalue weighted by Crippen LogP contribution is 2.30. The van der Waals surface area contributed by atoms with E-state index in [4.69, 9.17) is 4.74 Å². The highest BCUT2D eigenvalue weighted by atomic mass is 32.2. The lowest BCUT2D eigenvalue weighted by molar-refractivity contribution is -0.113. The smallest absolute Gasteiger partial charge is 0.259 e. The maximum atomic E-state index is 13.3. The molecular weight excluding hydrogens is 555 g/mol. The summed E-state index contributed by atoms with van der Waals surface area (Å²) in [6, 6.07) is 7.15. The molecule has 2 heterocycles. The fraction of sp³-hybridized carbons (Fsp3) is 0.577. The highest BCUT2D eigenvalue weighted by molar-refractivity contribution is 7.99. The van der Waals surface area contributed by atoms with Gasteiger partial charge in [0.25, 0.3) is 11.6 Å². The molecule has 2 amide bonds. The van der Waals surface area contributed by atoms with E-state index >= 15 is 0 Å². The van der Waals surface area contributed by atoms with Gasteiger partial charge in [-0.2, -0.15) is 16.9 Å². The van der Waals surface area contributed by atoms with Crippen molar-refractivity contribution >= 4 is 38.6 Å². The third-order valence-corrected chi connectivity index (χ3v) is 7.02. The van der Waals surface area contributed by atoms with Crippen molar-refractivity contribution in [3.63, 3.8) is 0 Å². The third kappa shape index (κ3) is 10.3. The molecule has 2 aromatic rings. The number of benzene rings is 1. The second kappa shape index (κ2) is 13.8. The molecule has 2 atom stereocenters. The monoisotopic (exact) mass is 590 g/mol. The van der Waals surface area contributed by atoms with Crippen LogP contribution in [0.4, 0.5) is 23.4 Å². The van der Waals surface area contributed by atoms with E-state index in [1.54, 1.807) is 17.0 Å². The fourth-order valence-electron chi connectivity index (χ4n) is 4.40. The maximum Gasteiger partial charge on any atom is 0.259 e. The number of fused-ring (bicyclic) bond motifs is 1. The lowest BCUT2D eigenvalue weighted by Gasteiger charge is -2.25. The van der Waals surface area contributed by atoms with Gasteiger partial charge in [-0.3, -0.25) is 14.3 Å². The Morgan fingerprint density at radius 1 is 1.28 bits per heavy atom. The lowest BCUT2D eigenvalue weighted by Crippen LogP contribution is -2.42. The van der Waals surface area contributed by atoms with Gasteiger partial charge < -0.3 is 15.4 Å². The van der Waals surface area contributed by atoms with E-state index in [1.807, 2.05) is 18.2 Å². The quantitative estimate of drug-likeness (QED) is 0.162. The van der Waals surface area contributed by atoms with Gasteiger partial charge in [-0.05, 0) is 56.6 Å². The predicted molar refractivity (Wildman–Crippen MR) is 148 cm³/mol. The Labute approximate surface area is 232 Å². The number of amides is 2. The van der Waals surface area contributed by atoms with Gasteiger partial charge >= 0.3 is 0 Å². The molecule has 1 aromatic carbocycles. The van der Waals surface area contributed by atoms with Crippen LogP contribution in [0.1, 0.15) is 60.6 Å². The molecule has 0 aliphatic carbocycles. The first-order valence-corrected chi connectivity index (χ1v) is 14.8. The Bertz CT molecular complexity index is 1140. The van der Waals surface area contributed by atoms with Gasteiger partial charge in [-0.15, -0.1) is 0 Å². The number of aromatic nitrogens is 2. The van der Waals surface area contributed by atoms with Crippen LogP contribution in [0.3, 0.4) is 0 Å². The molecule has 0 radical (unpaired) electrons. The minimum atomic E-state index is -2.89. The maximum absolute atomic E-state index is 13.3. The molecule has 0 saturated heterocycles. The van der Waals surface area contributed by atoms with E-state index in [9.17, 15) is 27.2 Å². The van der Waals surface area contributed by atoms with Crippen molar-refractivity contribution < 1.29 is 31.9 Å². The molecule has 0 spiro atoms. The van der Waals surface area contributed by atoms with Crippen LogP contribution in [-0.4, -0.2) is 57.8 Å². The number of aryl methyl sites for hydroxylation is 2. The number of halogens is 4. The number of hydrogen-bond donors (Lipinski definition) is 2. The summed E-state index contributed by atoms with van der Waals surface area (Å²) >= 11 is 1.33. The SMILES string of the molecule is CSCC(=O)Nc1nn(CCCC(F)(F)P)c2c1C(=O)N[C@@H](CCc1cccc(OCCCC(C)(F)F)c1)C2. The number of alkyl halides is 4. The van der Waals surface area contributed by atoms with Crippen LogP contribution in [-0.2, 0) is 24.2 Å². The molecule has 2 N–H and O–H groups in total. The van der Waals surface area contributed by atoms with Gasteiger partial charge in [0.15, 0.2) is 5.82 Å². The topological polar surface area (TPSA) is 85.2 Å².